The van der Waals surface area contributed by atoms with Crippen LogP contribution in [-0.2, 0) is 4.79 Å². The van der Waals surface area contributed by atoms with Crippen molar-refractivity contribution in [3.8, 4) is 0 Å². The predicted molar refractivity (Wildman–Crippen MR) is 20.7 cm³/mol. The fraction of sp³-hybridized carbons (Fsp3) is 0. The zero-order chi connectivity index (χ0) is 4.28. The Hall–Kier alpha value is 0.466. The number of rotatable bonds is 0. The first-order valence-electron chi connectivity index (χ1n) is 0.954. The van der Waals surface area contributed by atoms with E-state index >= 15 is 0 Å². The van der Waals surface area contributed by atoms with Gasteiger partial charge in [0.2, 0.25) is 0 Å². The average molecular weight is 187 g/mol. The second-order valence-electron chi connectivity index (χ2n) is 0.477. The Labute approximate surface area is 47.0 Å². The normalized spacial score (nSPS) is 6.00. The Morgan fingerprint density at radius 3 is 2.20 bits per heavy atom. The third-order valence-electron chi connectivity index (χ3n) is 0.102. The molecule has 0 spiro atoms. The van der Waals surface area contributed by atoms with Crippen molar-refractivity contribution in [2.75, 3.05) is 0 Å². The van der Waals surface area contributed by atoms with Crippen molar-refractivity contribution in [3.63, 3.8) is 0 Å². The van der Waals surface area contributed by atoms with Gasteiger partial charge in [-0.3, -0.25) is 0 Å². The first-order valence-corrected chi connectivity index (χ1v) is 2.88. The molecule has 0 aliphatic rings. The Kier molecular flexibility index (Phi) is 2.94. The van der Waals surface area contributed by atoms with Crippen molar-refractivity contribution in [2.45, 2.75) is 0 Å². The van der Waals surface area contributed by atoms with Gasteiger partial charge in [0.15, 0.2) is 0 Å². The molecule has 0 fully saturated rings. The van der Waals surface area contributed by atoms with Gasteiger partial charge >= 0.3 is 46.7 Å². The summed E-state index contributed by atoms with van der Waals surface area (Å²) in [6, 6.07) is 0. The summed E-state index contributed by atoms with van der Waals surface area (Å²) in [6.07, 6.45) is 0. The van der Waals surface area contributed by atoms with E-state index in [-0.39, 0.29) is 0 Å². The standard InChI is InChI=1S/C2OSi.Sn/c3-1-2-4;. The number of hydrogen-bond donors (Lipinski definition) is 0. The quantitative estimate of drug-likeness (QED) is 0.351. The zero-order valence-corrected chi connectivity index (χ0v) is 6.26. The van der Waals surface area contributed by atoms with E-state index in [2.05, 4.69) is 10.2 Å². The van der Waals surface area contributed by atoms with E-state index in [1.807, 2.05) is 0 Å². The molecule has 0 saturated heterocycles. The van der Waals surface area contributed by atoms with Crippen LogP contribution < -0.4 is 0 Å². The van der Waals surface area contributed by atoms with Crippen molar-refractivity contribution < 1.29 is 4.79 Å². The van der Waals surface area contributed by atoms with Crippen LogP contribution in [0.1, 0.15) is 0 Å². The molecule has 0 rings (SSSR count). The van der Waals surface area contributed by atoms with Crippen LogP contribution in [0.4, 0.5) is 0 Å². The molecule has 0 bridgehead atoms. The minimum absolute atomic E-state index is 0.595. The summed E-state index contributed by atoms with van der Waals surface area (Å²) in [5.74, 6) is 1.65. The summed E-state index contributed by atoms with van der Waals surface area (Å²) >= 11 is 1.08. The molecule has 0 aliphatic carbocycles. The summed E-state index contributed by atoms with van der Waals surface area (Å²) < 4.78 is 0.595. The van der Waals surface area contributed by atoms with Crippen molar-refractivity contribution in [1.82, 2.24) is 0 Å². The van der Waals surface area contributed by atoms with Gasteiger partial charge in [0.25, 0.3) is 0 Å². The average Bonchev–Trinajstić information content (AvgIpc) is 1.38. The van der Waals surface area contributed by atoms with Crippen LogP contribution in [0.15, 0.2) is 3.21 Å². The van der Waals surface area contributed by atoms with Crippen molar-refractivity contribution in [3.05, 3.63) is 3.21 Å². The minimum atomic E-state index is 0.595. The summed E-state index contributed by atoms with van der Waals surface area (Å²) in [4.78, 5) is 9.32. The van der Waals surface area contributed by atoms with E-state index in [0.29, 0.717) is 3.21 Å². The second-order valence-corrected chi connectivity index (χ2v) is 3.83. The molecule has 22 valence electrons. The van der Waals surface area contributed by atoms with Crippen molar-refractivity contribution in [1.29, 1.82) is 0 Å². The molecule has 6 radical (unpaired) electrons. The van der Waals surface area contributed by atoms with Crippen LogP contribution in [0.2, 0.25) is 0 Å². The van der Waals surface area contributed by atoms with Crippen molar-refractivity contribution in [2.24, 2.45) is 0 Å². The summed E-state index contributed by atoms with van der Waals surface area (Å²) in [5.41, 5.74) is 0. The van der Waals surface area contributed by atoms with Gasteiger partial charge in [-0.15, -0.1) is 0 Å². The Balaban J connectivity index is 3.60. The first kappa shape index (κ1) is 5.47. The zero-order valence-electron chi connectivity index (χ0n) is 2.41. The molecule has 0 N–H and O–H groups in total. The van der Waals surface area contributed by atoms with E-state index in [0.717, 1.165) is 22.5 Å². The van der Waals surface area contributed by atoms with Crippen LogP contribution in [0.3, 0.4) is 0 Å². The molecule has 0 aromatic carbocycles. The summed E-state index contributed by atoms with van der Waals surface area (Å²) in [6.45, 7) is 0. The molecule has 5 heavy (non-hydrogen) atoms. The fourth-order valence-corrected chi connectivity index (χ4v) is 0. The van der Waals surface area contributed by atoms with E-state index in [9.17, 15) is 4.79 Å². The summed E-state index contributed by atoms with van der Waals surface area (Å²) in [5, 5.41) is 0. The van der Waals surface area contributed by atoms with Gasteiger partial charge in [0, 0.05) is 0 Å². The fourth-order valence-electron chi connectivity index (χ4n) is 0. The third kappa shape index (κ3) is 4.47. The monoisotopic (exact) mass is 188 g/mol. The molecule has 1 nitrogen and oxygen atoms in total. The maximum atomic E-state index is 9.32. The number of carbonyl (C=O) groups excluding carboxylic acids is 1. The van der Waals surface area contributed by atoms with Gasteiger partial charge in [-0.1, -0.05) is 0 Å². The van der Waals surface area contributed by atoms with Gasteiger partial charge in [-0.2, -0.15) is 0 Å². The van der Waals surface area contributed by atoms with Gasteiger partial charge in [-0.25, -0.2) is 0 Å². The van der Waals surface area contributed by atoms with Crippen LogP contribution in [0.5, 0.6) is 0 Å². The van der Waals surface area contributed by atoms with Crippen molar-refractivity contribution >= 4 is 38.7 Å². The van der Waals surface area contributed by atoms with E-state index in [1.165, 1.54) is 0 Å². The topological polar surface area (TPSA) is 17.1 Å². The molecule has 0 aromatic rings. The van der Waals surface area contributed by atoms with Gasteiger partial charge < -0.3 is 0 Å². The second kappa shape index (κ2) is 2.69. The van der Waals surface area contributed by atoms with Gasteiger partial charge in [-0.05, 0) is 0 Å². The molecular formula is C2OSiSn. The SMILES string of the molecule is O=C=[C]([Si])[Sn]. The Morgan fingerprint density at radius 1 is 2.00 bits per heavy atom. The number of hydrogen-bond acceptors (Lipinski definition) is 1. The molecule has 3 heteroatoms. The molecule has 0 aliphatic heterocycles. The van der Waals surface area contributed by atoms with E-state index in [1.54, 1.807) is 5.94 Å². The van der Waals surface area contributed by atoms with Crippen LogP contribution >= 0.6 is 0 Å². The summed E-state index contributed by atoms with van der Waals surface area (Å²) in [7, 11) is 2.95. The van der Waals surface area contributed by atoms with E-state index in [4.69, 9.17) is 0 Å². The van der Waals surface area contributed by atoms with Crippen LogP contribution in [0, 0.1) is 0 Å². The molecule has 0 amide bonds. The third-order valence-corrected chi connectivity index (χ3v) is 0.495. The molecule has 0 saturated carbocycles. The molecule has 0 atom stereocenters. The molecule has 0 aromatic heterocycles. The van der Waals surface area contributed by atoms with Crippen LogP contribution in [-0.4, -0.2) is 38.7 Å². The molecule has 0 heterocycles. The Morgan fingerprint density at radius 2 is 2.20 bits per heavy atom. The van der Waals surface area contributed by atoms with E-state index < -0.39 is 0 Å². The van der Waals surface area contributed by atoms with Gasteiger partial charge in [0.1, 0.15) is 0 Å². The van der Waals surface area contributed by atoms with Gasteiger partial charge in [0.05, 0.1) is 0 Å². The van der Waals surface area contributed by atoms with Crippen LogP contribution in [0.25, 0.3) is 0 Å². The first-order chi connectivity index (χ1) is 2.27. The maximum absolute atomic E-state index is 9.32. The molecular weight excluding hydrogens is 187 g/mol. The predicted octanol–water partition coefficient (Wildman–Crippen LogP) is -1.00. The molecule has 0 unspecified atom stereocenters. The Bertz CT molecular complexity index is 69.7.